The normalized spacial score (nSPS) is 18.1. The molecule has 1 heterocycles. The van der Waals surface area contributed by atoms with Crippen molar-refractivity contribution in [2.75, 3.05) is 38.8 Å². The number of ether oxygens (including phenoxy) is 2. The minimum Gasteiger partial charge on any atom is -0.496 e. The van der Waals surface area contributed by atoms with E-state index in [-0.39, 0.29) is 6.04 Å². The number of piperidine rings is 1. The third-order valence-corrected chi connectivity index (χ3v) is 4.08. The average molecular weight is 278 g/mol. The van der Waals surface area contributed by atoms with Gasteiger partial charge in [0.05, 0.1) is 7.11 Å². The molecule has 1 fully saturated rings. The van der Waals surface area contributed by atoms with Crippen molar-refractivity contribution in [2.24, 2.45) is 11.7 Å². The molecule has 0 bridgehead atoms. The highest BCUT2D eigenvalue weighted by Gasteiger charge is 2.23. The van der Waals surface area contributed by atoms with Gasteiger partial charge < -0.3 is 20.1 Å². The van der Waals surface area contributed by atoms with Crippen LogP contribution in [0.15, 0.2) is 18.2 Å². The Kier molecular flexibility index (Phi) is 5.26. The zero-order valence-corrected chi connectivity index (χ0v) is 12.8. The second kappa shape index (κ2) is 6.95. The molecule has 2 N–H and O–H groups in total. The van der Waals surface area contributed by atoms with Crippen LogP contribution in [0.5, 0.6) is 5.75 Å². The van der Waals surface area contributed by atoms with Crippen molar-refractivity contribution in [3.63, 3.8) is 0 Å². The van der Waals surface area contributed by atoms with Gasteiger partial charge in [0.1, 0.15) is 5.75 Å². The van der Waals surface area contributed by atoms with E-state index in [0.717, 1.165) is 31.0 Å². The summed E-state index contributed by atoms with van der Waals surface area (Å²) >= 11 is 0. The van der Waals surface area contributed by atoms with E-state index < -0.39 is 0 Å². The lowest BCUT2D eigenvalue weighted by Crippen LogP contribution is -2.36. The van der Waals surface area contributed by atoms with Crippen LogP contribution in [0.25, 0.3) is 0 Å². The van der Waals surface area contributed by atoms with Crippen molar-refractivity contribution in [1.82, 2.24) is 0 Å². The Balaban J connectivity index is 2.17. The third kappa shape index (κ3) is 3.25. The molecule has 20 heavy (non-hydrogen) atoms. The average Bonchev–Trinajstić information content (AvgIpc) is 2.47. The first-order valence-electron chi connectivity index (χ1n) is 7.33. The number of benzene rings is 1. The fourth-order valence-corrected chi connectivity index (χ4v) is 3.02. The molecule has 1 aromatic rings. The van der Waals surface area contributed by atoms with Gasteiger partial charge in [0.2, 0.25) is 0 Å². The molecule has 2 rings (SSSR count). The van der Waals surface area contributed by atoms with Gasteiger partial charge in [-0.3, -0.25) is 0 Å². The summed E-state index contributed by atoms with van der Waals surface area (Å²) in [6.45, 7) is 4.99. The maximum Gasteiger partial charge on any atom is 0.125 e. The summed E-state index contributed by atoms with van der Waals surface area (Å²) in [5, 5.41) is 0. The van der Waals surface area contributed by atoms with Gasteiger partial charge in [-0.25, -0.2) is 0 Å². The molecule has 1 aliphatic heterocycles. The molecule has 0 saturated carbocycles. The maximum absolute atomic E-state index is 6.15. The van der Waals surface area contributed by atoms with Gasteiger partial charge in [0.15, 0.2) is 0 Å². The summed E-state index contributed by atoms with van der Waals surface area (Å²) in [5.74, 6) is 1.57. The molecule has 112 valence electrons. The van der Waals surface area contributed by atoms with Crippen LogP contribution >= 0.6 is 0 Å². The van der Waals surface area contributed by atoms with Crippen LogP contribution in [0.1, 0.15) is 31.4 Å². The Morgan fingerprint density at radius 3 is 2.55 bits per heavy atom. The van der Waals surface area contributed by atoms with Crippen molar-refractivity contribution < 1.29 is 9.47 Å². The summed E-state index contributed by atoms with van der Waals surface area (Å²) in [6.07, 6.45) is 2.34. The zero-order valence-electron chi connectivity index (χ0n) is 12.8. The Morgan fingerprint density at radius 2 is 2.00 bits per heavy atom. The van der Waals surface area contributed by atoms with Crippen molar-refractivity contribution in [1.29, 1.82) is 0 Å². The Labute approximate surface area is 121 Å². The number of hydrogen-bond acceptors (Lipinski definition) is 4. The second-order valence-corrected chi connectivity index (χ2v) is 5.57. The molecular weight excluding hydrogens is 252 g/mol. The summed E-state index contributed by atoms with van der Waals surface area (Å²) in [7, 11) is 3.48. The van der Waals surface area contributed by atoms with E-state index in [0.29, 0.717) is 5.92 Å². The van der Waals surface area contributed by atoms with E-state index in [9.17, 15) is 0 Å². The molecular formula is C16H26N2O2. The smallest absolute Gasteiger partial charge is 0.125 e. The molecule has 0 aliphatic carbocycles. The van der Waals surface area contributed by atoms with Crippen LogP contribution in [-0.2, 0) is 4.74 Å². The van der Waals surface area contributed by atoms with Crippen molar-refractivity contribution in [2.45, 2.75) is 25.8 Å². The van der Waals surface area contributed by atoms with Crippen molar-refractivity contribution in [3.05, 3.63) is 23.8 Å². The van der Waals surface area contributed by atoms with Crippen LogP contribution in [0, 0.1) is 5.92 Å². The number of methoxy groups -OCH3 is 2. The second-order valence-electron chi connectivity index (χ2n) is 5.57. The molecule has 0 aromatic heterocycles. The fourth-order valence-electron chi connectivity index (χ4n) is 3.02. The summed E-state index contributed by atoms with van der Waals surface area (Å²) in [6, 6.07) is 6.15. The summed E-state index contributed by atoms with van der Waals surface area (Å²) < 4.78 is 10.7. The Bertz CT molecular complexity index is 426. The molecule has 1 aliphatic rings. The van der Waals surface area contributed by atoms with Crippen LogP contribution < -0.4 is 15.4 Å². The molecule has 1 atom stereocenters. The van der Waals surface area contributed by atoms with Gasteiger partial charge >= 0.3 is 0 Å². The first kappa shape index (κ1) is 15.1. The number of nitrogens with zero attached hydrogens (tertiary/aromatic N) is 1. The number of anilines is 1. The van der Waals surface area contributed by atoms with E-state index in [2.05, 4.69) is 11.0 Å². The lowest BCUT2D eigenvalue weighted by Gasteiger charge is -2.35. The Hall–Kier alpha value is -1.26. The first-order chi connectivity index (χ1) is 9.67. The third-order valence-electron chi connectivity index (χ3n) is 4.08. The standard InChI is InChI=1S/C16H26N2O2/c1-12(17)16-14(5-4-6-15(16)20-3)18-9-7-13(8-10-18)11-19-2/h4-6,12-13H,7-11,17H2,1-3H3/t12-/m0/s1. The number of nitrogens with two attached hydrogens (primary N) is 1. The molecule has 1 saturated heterocycles. The minimum atomic E-state index is -0.0298. The topological polar surface area (TPSA) is 47.7 Å². The first-order valence-corrected chi connectivity index (χ1v) is 7.33. The van der Waals surface area contributed by atoms with Crippen LogP contribution in [0.3, 0.4) is 0 Å². The monoisotopic (exact) mass is 278 g/mol. The highest BCUT2D eigenvalue weighted by Crippen LogP contribution is 2.35. The molecule has 4 nitrogen and oxygen atoms in total. The molecule has 1 aromatic carbocycles. The SMILES string of the molecule is COCC1CCN(c2cccc(OC)c2[C@H](C)N)CC1. The molecule has 0 amide bonds. The fraction of sp³-hybridized carbons (Fsp3) is 0.625. The van der Waals surface area contributed by atoms with Gasteiger partial charge in [-0.2, -0.15) is 0 Å². The van der Waals surface area contributed by atoms with Crippen LogP contribution in [0.4, 0.5) is 5.69 Å². The zero-order chi connectivity index (χ0) is 14.5. The molecule has 4 heteroatoms. The van der Waals surface area contributed by atoms with Crippen LogP contribution in [-0.4, -0.2) is 33.9 Å². The quantitative estimate of drug-likeness (QED) is 0.899. The van der Waals surface area contributed by atoms with Crippen molar-refractivity contribution >= 4 is 5.69 Å². The predicted molar refractivity (Wildman–Crippen MR) is 82.4 cm³/mol. The number of rotatable bonds is 5. The van der Waals surface area contributed by atoms with Gasteiger partial charge in [-0.05, 0) is 37.8 Å². The van der Waals surface area contributed by atoms with E-state index in [1.165, 1.54) is 18.5 Å². The van der Waals surface area contributed by atoms with E-state index in [1.54, 1.807) is 14.2 Å². The summed E-state index contributed by atoms with van der Waals surface area (Å²) in [5.41, 5.74) is 8.47. The molecule has 0 unspecified atom stereocenters. The largest absolute Gasteiger partial charge is 0.496 e. The van der Waals surface area contributed by atoms with Gasteiger partial charge in [-0.15, -0.1) is 0 Å². The van der Waals surface area contributed by atoms with Crippen molar-refractivity contribution in [3.8, 4) is 5.75 Å². The molecule has 0 radical (unpaired) electrons. The minimum absolute atomic E-state index is 0.0298. The highest BCUT2D eigenvalue weighted by atomic mass is 16.5. The van der Waals surface area contributed by atoms with Crippen LogP contribution in [0.2, 0.25) is 0 Å². The van der Waals surface area contributed by atoms with Gasteiger partial charge in [0.25, 0.3) is 0 Å². The van der Waals surface area contributed by atoms with E-state index >= 15 is 0 Å². The lowest BCUT2D eigenvalue weighted by molar-refractivity contribution is 0.139. The van der Waals surface area contributed by atoms with Gasteiger partial charge in [0, 0.05) is 44.1 Å². The van der Waals surface area contributed by atoms with Gasteiger partial charge in [-0.1, -0.05) is 6.07 Å². The lowest BCUT2D eigenvalue weighted by atomic mass is 9.95. The number of hydrogen-bond donors (Lipinski definition) is 1. The maximum atomic E-state index is 6.15. The van der Waals surface area contributed by atoms with E-state index in [4.69, 9.17) is 15.2 Å². The highest BCUT2D eigenvalue weighted by molar-refractivity contribution is 5.61. The van der Waals surface area contributed by atoms with E-state index in [1.807, 2.05) is 19.1 Å². The summed E-state index contributed by atoms with van der Waals surface area (Å²) in [4.78, 5) is 2.42. The Morgan fingerprint density at radius 1 is 1.30 bits per heavy atom. The predicted octanol–water partition coefficient (Wildman–Crippen LogP) is 2.58. The molecule has 0 spiro atoms.